The van der Waals surface area contributed by atoms with Gasteiger partial charge in [0.25, 0.3) is 5.91 Å². The van der Waals surface area contributed by atoms with Crippen molar-refractivity contribution in [2.45, 2.75) is 39.7 Å². The van der Waals surface area contributed by atoms with Crippen LogP contribution < -0.4 is 5.32 Å². The van der Waals surface area contributed by atoms with Crippen molar-refractivity contribution in [2.75, 3.05) is 0 Å². The molecule has 2 aromatic heterocycles. The molecule has 0 saturated heterocycles. The number of nitrogens with one attached hydrogen (secondary N) is 1. The zero-order valence-electron chi connectivity index (χ0n) is 12.5. The Bertz CT molecular complexity index is 659. The number of carbonyl (C=O) groups is 1. The lowest BCUT2D eigenvalue weighted by molar-refractivity contribution is 0.0950. The van der Waals surface area contributed by atoms with Crippen LogP contribution in [-0.2, 0) is 12.0 Å². The topological polar surface area (TPSA) is 68.0 Å². The van der Waals surface area contributed by atoms with Gasteiger partial charge in [0.15, 0.2) is 0 Å². The number of nitrogens with zero attached hydrogens (tertiary/aromatic N) is 2. The summed E-state index contributed by atoms with van der Waals surface area (Å²) in [6, 6.07) is 5.09. The third-order valence-electron chi connectivity index (χ3n) is 2.93. The van der Waals surface area contributed by atoms with Gasteiger partial charge in [0.1, 0.15) is 16.6 Å². The lowest BCUT2D eigenvalue weighted by atomic mass is 9.91. The number of pyridine rings is 1. The molecule has 6 heteroatoms. The standard InChI is InChI=1S/C15H18ClN3O2/c1-9-5-11(19-21-9)8-17-14(20)10-6-12(15(2,3)4)18-13(16)7-10/h5-7H,8H2,1-4H3,(H,17,20). The Morgan fingerprint density at radius 1 is 1.33 bits per heavy atom. The van der Waals surface area contributed by atoms with Crippen molar-refractivity contribution < 1.29 is 9.32 Å². The van der Waals surface area contributed by atoms with E-state index < -0.39 is 0 Å². The van der Waals surface area contributed by atoms with Crippen LogP contribution in [0.4, 0.5) is 0 Å². The molecule has 2 aromatic rings. The lowest BCUT2D eigenvalue weighted by Gasteiger charge is -2.18. The highest BCUT2D eigenvalue weighted by molar-refractivity contribution is 6.29. The van der Waals surface area contributed by atoms with Gasteiger partial charge in [-0.25, -0.2) is 4.98 Å². The monoisotopic (exact) mass is 307 g/mol. The summed E-state index contributed by atoms with van der Waals surface area (Å²) in [4.78, 5) is 16.5. The molecule has 1 amide bonds. The van der Waals surface area contributed by atoms with Gasteiger partial charge in [-0.05, 0) is 19.1 Å². The van der Waals surface area contributed by atoms with Gasteiger partial charge >= 0.3 is 0 Å². The van der Waals surface area contributed by atoms with E-state index in [4.69, 9.17) is 16.1 Å². The molecule has 0 saturated carbocycles. The van der Waals surface area contributed by atoms with Gasteiger partial charge in [-0.15, -0.1) is 0 Å². The average molecular weight is 308 g/mol. The van der Waals surface area contributed by atoms with Crippen LogP contribution in [0.3, 0.4) is 0 Å². The van der Waals surface area contributed by atoms with Crippen molar-refractivity contribution in [3.8, 4) is 0 Å². The largest absolute Gasteiger partial charge is 0.361 e. The predicted octanol–water partition coefficient (Wildman–Crippen LogP) is 3.26. The molecule has 21 heavy (non-hydrogen) atoms. The van der Waals surface area contributed by atoms with Crippen molar-refractivity contribution in [3.05, 3.63) is 46.1 Å². The Morgan fingerprint density at radius 2 is 2.05 bits per heavy atom. The van der Waals surface area contributed by atoms with E-state index in [2.05, 4.69) is 15.5 Å². The molecule has 0 radical (unpaired) electrons. The first-order valence-electron chi connectivity index (χ1n) is 6.64. The van der Waals surface area contributed by atoms with E-state index in [1.54, 1.807) is 25.1 Å². The number of hydrogen-bond donors (Lipinski definition) is 1. The zero-order valence-corrected chi connectivity index (χ0v) is 13.3. The smallest absolute Gasteiger partial charge is 0.251 e. The van der Waals surface area contributed by atoms with Crippen molar-refractivity contribution >= 4 is 17.5 Å². The Labute approximate surface area is 128 Å². The molecule has 5 nitrogen and oxygen atoms in total. The van der Waals surface area contributed by atoms with Crippen molar-refractivity contribution in [3.63, 3.8) is 0 Å². The number of aromatic nitrogens is 2. The summed E-state index contributed by atoms with van der Waals surface area (Å²) < 4.78 is 4.95. The van der Waals surface area contributed by atoms with Crippen LogP contribution >= 0.6 is 11.6 Å². The molecular formula is C15H18ClN3O2. The minimum Gasteiger partial charge on any atom is -0.361 e. The Morgan fingerprint density at radius 3 is 2.62 bits per heavy atom. The van der Waals surface area contributed by atoms with Gasteiger partial charge < -0.3 is 9.84 Å². The van der Waals surface area contributed by atoms with E-state index in [0.717, 1.165) is 5.69 Å². The molecule has 0 atom stereocenters. The first-order valence-corrected chi connectivity index (χ1v) is 7.02. The molecule has 2 rings (SSSR count). The highest BCUT2D eigenvalue weighted by atomic mass is 35.5. The number of rotatable bonds is 3. The lowest BCUT2D eigenvalue weighted by Crippen LogP contribution is -2.24. The summed E-state index contributed by atoms with van der Waals surface area (Å²) >= 11 is 6.00. The average Bonchev–Trinajstić information content (AvgIpc) is 2.80. The molecule has 0 aromatic carbocycles. The van der Waals surface area contributed by atoms with E-state index in [9.17, 15) is 4.79 Å². The highest BCUT2D eigenvalue weighted by Gasteiger charge is 2.19. The molecule has 112 valence electrons. The number of carbonyl (C=O) groups excluding carboxylic acids is 1. The number of aryl methyl sites for hydroxylation is 1. The molecule has 0 aliphatic rings. The normalized spacial score (nSPS) is 11.5. The van der Waals surface area contributed by atoms with Gasteiger partial charge in [0, 0.05) is 22.7 Å². The molecule has 0 aliphatic carbocycles. The van der Waals surface area contributed by atoms with Gasteiger partial charge in [0.05, 0.1) is 6.54 Å². The Balaban J connectivity index is 2.13. The third-order valence-corrected chi connectivity index (χ3v) is 3.13. The van der Waals surface area contributed by atoms with E-state index in [1.807, 2.05) is 20.8 Å². The summed E-state index contributed by atoms with van der Waals surface area (Å²) in [7, 11) is 0. The summed E-state index contributed by atoms with van der Waals surface area (Å²) in [6.45, 7) is 8.17. The van der Waals surface area contributed by atoms with Crippen molar-refractivity contribution in [2.24, 2.45) is 0 Å². The fraction of sp³-hybridized carbons (Fsp3) is 0.400. The summed E-state index contributed by atoms with van der Waals surface area (Å²) in [5, 5.41) is 6.92. The van der Waals surface area contributed by atoms with E-state index in [1.165, 1.54) is 0 Å². The van der Waals surface area contributed by atoms with Gasteiger partial charge in [0.2, 0.25) is 0 Å². The SMILES string of the molecule is Cc1cc(CNC(=O)c2cc(Cl)nc(C(C)(C)C)c2)no1. The number of amides is 1. The molecule has 1 N–H and O–H groups in total. The summed E-state index contributed by atoms with van der Waals surface area (Å²) in [5.74, 6) is 0.492. The van der Waals surface area contributed by atoms with Crippen LogP contribution in [0.1, 0.15) is 48.3 Å². The van der Waals surface area contributed by atoms with Gasteiger partial charge in [-0.1, -0.05) is 37.5 Å². The van der Waals surface area contributed by atoms with E-state index in [-0.39, 0.29) is 11.3 Å². The van der Waals surface area contributed by atoms with Crippen LogP contribution in [-0.4, -0.2) is 16.0 Å². The van der Waals surface area contributed by atoms with Gasteiger partial charge in [-0.2, -0.15) is 0 Å². The minimum absolute atomic E-state index is 0.177. The summed E-state index contributed by atoms with van der Waals surface area (Å²) in [6.07, 6.45) is 0. The van der Waals surface area contributed by atoms with E-state index in [0.29, 0.717) is 28.7 Å². The molecule has 0 unspecified atom stereocenters. The maximum absolute atomic E-state index is 12.2. The number of hydrogen-bond acceptors (Lipinski definition) is 4. The van der Waals surface area contributed by atoms with Crippen molar-refractivity contribution in [1.29, 1.82) is 0 Å². The van der Waals surface area contributed by atoms with Gasteiger partial charge in [-0.3, -0.25) is 4.79 Å². The summed E-state index contributed by atoms with van der Waals surface area (Å²) in [5.41, 5.74) is 1.76. The zero-order chi connectivity index (χ0) is 15.6. The minimum atomic E-state index is -0.217. The molecule has 0 spiro atoms. The first kappa shape index (κ1) is 15.5. The fourth-order valence-corrected chi connectivity index (χ4v) is 1.99. The Hall–Kier alpha value is -1.88. The van der Waals surface area contributed by atoms with Crippen LogP contribution in [0.5, 0.6) is 0 Å². The van der Waals surface area contributed by atoms with Crippen molar-refractivity contribution in [1.82, 2.24) is 15.5 Å². The predicted molar refractivity (Wildman–Crippen MR) is 80.4 cm³/mol. The second-order valence-corrected chi connectivity index (χ2v) is 6.31. The molecule has 0 bridgehead atoms. The fourth-order valence-electron chi connectivity index (χ4n) is 1.79. The molecular weight excluding hydrogens is 290 g/mol. The maximum atomic E-state index is 12.2. The third kappa shape index (κ3) is 4.04. The highest BCUT2D eigenvalue weighted by Crippen LogP contribution is 2.23. The quantitative estimate of drug-likeness (QED) is 0.884. The number of halogens is 1. The Kier molecular flexibility index (Phi) is 4.32. The first-order chi connectivity index (χ1) is 9.75. The molecule has 0 aliphatic heterocycles. The van der Waals surface area contributed by atoms with Crippen LogP contribution in [0.15, 0.2) is 22.7 Å². The van der Waals surface area contributed by atoms with E-state index >= 15 is 0 Å². The van der Waals surface area contributed by atoms with Crippen LogP contribution in [0.2, 0.25) is 5.15 Å². The second kappa shape index (κ2) is 5.85. The van der Waals surface area contributed by atoms with Crippen LogP contribution in [0.25, 0.3) is 0 Å². The molecule has 2 heterocycles. The van der Waals surface area contributed by atoms with Crippen LogP contribution in [0, 0.1) is 6.92 Å². The molecule has 0 fully saturated rings. The maximum Gasteiger partial charge on any atom is 0.251 e. The second-order valence-electron chi connectivity index (χ2n) is 5.93.